The molecule has 0 radical (unpaired) electrons. The summed E-state index contributed by atoms with van der Waals surface area (Å²) in [6.45, 7) is 12.0. The zero-order chi connectivity index (χ0) is 21.1. The van der Waals surface area contributed by atoms with Crippen molar-refractivity contribution in [1.29, 1.82) is 0 Å². The topological polar surface area (TPSA) is 26.3 Å². The Morgan fingerprint density at radius 3 is 2.31 bits per heavy atom. The molecule has 0 N–H and O–H groups in total. The summed E-state index contributed by atoms with van der Waals surface area (Å²) in [7, 11) is -1.83. The van der Waals surface area contributed by atoms with Crippen molar-refractivity contribution < 1.29 is 9.22 Å². The largest absolute Gasteiger partial charge is 0.416 e. The van der Waals surface area contributed by atoms with E-state index in [0.717, 1.165) is 41.5 Å². The number of fused-ring (bicyclic) bond motifs is 1. The minimum atomic E-state index is -1.83. The molecule has 2 aromatic rings. The van der Waals surface area contributed by atoms with Gasteiger partial charge in [0, 0.05) is 18.6 Å². The molecule has 0 heterocycles. The monoisotopic (exact) mass is 406 g/mol. The molecule has 1 aliphatic rings. The summed E-state index contributed by atoms with van der Waals surface area (Å²) in [5.74, 6) is 0.265. The Labute approximate surface area is 177 Å². The summed E-state index contributed by atoms with van der Waals surface area (Å²) in [5.41, 5.74) is 5.56. The van der Waals surface area contributed by atoms with E-state index in [9.17, 15) is 4.79 Å². The standard InChI is InChI=1S/C26H34O2Si/c1-26(2,3)29(4,5)28-19-18-23(20-12-7-6-8-13-20)25-22-16-10-9-14-21(22)15-11-17-24(25)27/h6-10,12-14,16H,11,15,17-19H2,1-5H3/b25-23-. The average Bonchev–Trinajstić information content (AvgIpc) is 2.83. The molecule has 0 unspecified atom stereocenters. The van der Waals surface area contributed by atoms with Gasteiger partial charge in [0.05, 0.1) is 0 Å². The van der Waals surface area contributed by atoms with Crippen molar-refractivity contribution in [2.75, 3.05) is 6.61 Å². The normalized spacial score (nSPS) is 16.9. The van der Waals surface area contributed by atoms with Gasteiger partial charge in [-0.3, -0.25) is 4.79 Å². The van der Waals surface area contributed by atoms with Crippen LogP contribution in [0.2, 0.25) is 18.1 Å². The third-order valence-electron chi connectivity index (χ3n) is 6.46. The lowest BCUT2D eigenvalue weighted by Gasteiger charge is -2.36. The minimum Gasteiger partial charge on any atom is -0.416 e. The van der Waals surface area contributed by atoms with Crippen LogP contribution < -0.4 is 0 Å². The van der Waals surface area contributed by atoms with Gasteiger partial charge in [0.1, 0.15) is 0 Å². The van der Waals surface area contributed by atoms with Crippen LogP contribution in [0.3, 0.4) is 0 Å². The number of benzene rings is 2. The second-order valence-corrected chi connectivity index (χ2v) is 14.3. The highest BCUT2D eigenvalue weighted by molar-refractivity contribution is 6.74. The zero-order valence-corrected chi connectivity index (χ0v) is 19.5. The van der Waals surface area contributed by atoms with Gasteiger partial charge >= 0.3 is 0 Å². The van der Waals surface area contributed by atoms with Crippen LogP contribution in [-0.2, 0) is 15.6 Å². The quantitative estimate of drug-likeness (QED) is 0.306. The van der Waals surface area contributed by atoms with Gasteiger partial charge in [-0.15, -0.1) is 0 Å². The van der Waals surface area contributed by atoms with Crippen LogP contribution >= 0.6 is 0 Å². The van der Waals surface area contributed by atoms with Crippen molar-refractivity contribution in [2.24, 2.45) is 0 Å². The Hall–Kier alpha value is -1.97. The maximum atomic E-state index is 13.2. The highest BCUT2D eigenvalue weighted by Gasteiger charge is 2.37. The molecule has 0 atom stereocenters. The zero-order valence-electron chi connectivity index (χ0n) is 18.5. The van der Waals surface area contributed by atoms with E-state index in [0.29, 0.717) is 13.0 Å². The third-order valence-corrected chi connectivity index (χ3v) is 11.0. The lowest BCUT2D eigenvalue weighted by atomic mass is 9.88. The SMILES string of the molecule is CC(C)(C)[Si](C)(C)OCC/C(=C1/C(=O)CCCc2ccccc21)c1ccccc1. The molecule has 0 bridgehead atoms. The van der Waals surface area contributed by atoms with E-state index in [1.807, 2.05) is 12.1 Å². The van der Waals surface area contributed by atoms with Gasteiger partial charge in [-0.2, -0.15) is 0 Å². The Bertz CT molecular complexity index is 888. The summed E-state index contributed by atoms with van der Waals surface area (Å²) < 4.78 is 6.48. The summed E-state index contributed by atoms with van der Waals surface area (Å²) in [6, 6.07) is 18.8. The Morgan fingerprint density at radius 1 is 0.966 bits per heavy atom. The van der Waals surface area contributed by atoms with Crippen molar-refractivity contribution in [2.45, 2.75) is 64.6 Å². The fourth-order valence-corrected chi connectivity index (χ4v) is 4.75. The van der Waals surface area contributed by atoms with Crippen molar-refractivity contribution >= 4 is 25.2 Å². The van der Waals surface area contributed by atoms with Crippen LogP contribution in [0.25, 0.3) is 11.1 Å². The first-order valence-corrected chi connectivity index (χ1v) is 13.7. The van der Waals surface area contributed by atoms with Crippen LogP contribution in [0.15, 0.2) is 54.6 Å². The fourth-order valence-electron chi connectivity index (χ4n) is 3.71. The number of aryl methyl sites for hydroxylation is 1. The van der Waals surface area contributed by atoms with E-state index in [1.54, 1.807) is 0 Å². The fraction of sp³-hybridized carbons (Fsp3) is 0.423. The van der Waals surface area contributed by atoms with E-state index >= 15 is 0 Å². The summed E-state index contributed by atoms with van der Waals surface area (Å²) in [5, 5.41) is 0.178. The smallest absolute Gasteiger partial charge is 0.191 e. The minimum absolute atomic E-state index is 0.178. The third kappa shape index (κ3) is 4.96. The van der Waals surface area contributed by atoms with Crippen LogP contribution in [-0.4, -0.2) is 20.7 Å². The summed E-state index contributed by atoms with van der Waals surface area (Å²) in [6.07, 6.45) is 3.26. The molecule has 2 aromatic carbocycles. The number of ketones is 1. The maximum absolute atomic E-state index is 13.2. The van der Waals surface area contributed by atoms with Gasteiger partial charge in [-0.05, 0) is 59.7 Å². The number of Topliss-reactive ketones (excluding diaryl/α,β-unsaturated/α-hetero) is 1. The van der Waals surface area contributed by atoms with Crippen molar-refractivity contribution in [1.82, 2.24) is 0 Å². The lowest BCUT2D eigenvalue weighted by molar-refractivity contribution is -0.113. The first-order valence-electron chi connectivity index (χ1n) is 10.7. The number of allylic oxidation sites excluding steroid dienone is 1. The van der Waals surface area contributed by atoms with Gasteiger partial charge in [0.2, 0.25) is 0 Å². The molecule has 1 aliphatic carbocycles. The molecule has 29 heavy (non-hydrogen) atoms. The summed E-state index contributed by atoms with van der Waals surface area (Å²) in [4.78, 5) is 13.2. The molecular formula is C26H34O2Si. The Kier molecular flexibility index (Phi) is 6.60. The van der Waals surface area contributed by atoms with Gasteiger partial charge in [-0.25, -0.2) is 0 Å². The highest BCUT2D eigenvalue weighted by atomic mass is 28.4. The van der Waals surface area contributed by atoms with E-state index in [-0.39, 0.29) is 10.8 Å². The molecule has 0 aliphatic heterocycles. The predicted octanol–water partition coefficient (Wildman–Crippen LogP) is 6.91. The van der Waals surface area contributed by atoms with Crippen molar-refractivity contribution in [3.8, 4) is 0 Å². The molecular weight excluding hydrogens is 372 g/mol. The average molecular weight is 407 g/mol. The predicted molar refractivity (Wildman–Crippen MR) is 125 cm³/mol. The number of hydrogen-bond donors (Lipinski definition) is 0. The van der Waals surface area contributed by atoms with Crippen LogP contribution in [0.1, 0.15) is 56.7 Å². The maximum Gasteiger partial charge on any atom is 0.191 e. The molecule has 0 fully saturated rings. The molecule has 0 saturated carbocycles. The van der Waals surface area contributed by atoms with Gasteiger partial charge in [-0.1, -0.05) is 75.4 Å². The first kappa shape index (κ1) is 21.7. The van der Waals surface area contributed by atoms with Crippen LogP contribution in [0.5, 0.6) is 0 Å². The molecule has 154 valence electrons. The molecule has 3 heteroatoms. The number of carbonyl (C=O) groups is 1. The first-order chi connectivity index (χ1) is 13.7. The van der Waals surface area contributed by atoms with Crippen LogP contribution in [0.4, 0.5) is 0 Å². The lowest BCUT2D eigenvalue weighted by Crippen LogP contribution is -2.41. The second-order valence-electron chi connectivity index (χ2n) is 9.51. The van der Waals surface area contributed by atoms with E-state index < -0.39 is 8.32 Å². The van der Waals surface area contributed by atoms with Gasteiger partial charge < -0.3 is 4.43 Å². The second kappa shape index (κ2) is 8.81. The number of rotatable bonds is 5. The van der Waals surface area contributed by atoms with Crippen molar-refractivity contribution in [3.63, 3.8) is 0 Å². The van der Waals surface area contributed by atoms with E-state index in [2.05, 4.69) is 76.3 Å². The molecule has 0 saturated heterocycles. The molecule has 2 nitrogen and oxygen atoms in total. The van der Waals surface area contributed by atoms with Crippen molar-refractivity contribution in [3.05, 3.63) is 71.3 Å². The van der Waals surface area contributed by atoms with Crippen LogP contribution in [0, 0.1) is 0 Å². The van der Waals surface area contributed by atoms with E-state index in [4.69, 9.17) is 4.43 Å². The number of carbonyl (C=O) groups excluding carboxylic acids is 1. The van der Waals surface area contributed by atoms with E-state index in [1.165, 1.54) is 5.56 Å². The number of hydrogen-bond acceptors (Lipinski definition) is 2. The Balaban J connectivity index is 2.03. The molecule has 0 aromatic heterocycles. The van der Waals surface area contributed by atoms with Gasteiger partial charge in [0.15, 0.2) is 14.1 Å². The summed E-state index contributed by atoms with van der Waals surface area (Å²) >= 11 is 0. The van der Waals surface area contributed by atoms with Gasteiger partial charge in [0.25, 0.3) is 0 Å². The Morgan fingerprint density at radius 2 is 1.62 bits per heavy atom. The highest BCUT2D eigenvalue weighted by Crippen LogP contribution is 2.38. The molecule has 3 rings (SSSR count). The molecule has 0 spiro atoms. The molecule has 0 amide bonds.